The molecule has 1 aromatic carbocycles. The third-order valence-corrected chi connectivity index (χ3v) is 2.91. The molecule has 0 fully saturated rings. The number of carbonyl (C=O) groups is 2. The molecule has 1 atom stereocenters. The molecule has 21 heavy (non-hydrogen) atoms. The quantitative estimate of drug-likeness (QED) is 0.905. The van der Waals surface area contributed by atoms with E-state index in [1.165, 1.54) is 25.1 Å². The molecular formula is C15H16FN3O2. The molecule has 5 nitrogen and oxygen atoms in total. The fraction of sp³-hybridized carbons (Fsp3) is 0.200. The largest absolute Gasteiger partial charge is 0.345 e. The third kappa shape index (κ3) is 3.68. The number of rotatable bonds is 4. The van der Waals surface area contributed by atoms with E-state index in [0.717, 1.165) is 0 Å². The van der Waals surface area contributed by atoms with Gasteiger partial charge in [-0.2, -0.15) is 0 Å². The van der Waals surface area contributed by atoms with Crippen molar-refractivity contribution >= 4 is 17.5 Å². The van der Waals surface area contributed by atoms with E-state index in [1.54, 1.807) is 36.0 Å². The van der Waals surface area contributed by atoms with Gasteiger partial charge in [0.25, 0.3) is 0 Å². The van der Waals surface area contributed by atoms with Crippen LogP contribution in [-0.2, 0) is 9.59 Å². The van der Waals surface area contributed by atoms with Gasteiger partial charge in [-0.05, 0) is 37.3 Å². The van der Waals surface area contributed by atoms with Crippen molar-refractivity contribution in [1.82, 2.24) is 9.88 Å². The Labute approximate surface area is 121 Å². The van der Waals surface area contributed by atoms with Crippen molar-refractivity contribution < 1.29 is 14.0 Å². The summed E-state index contributed by atoms with van der Waals surface area (Å²) in [7, 11) is 0. The van der Waals surface area contributed by atoms with Crippen molar-refractivity contribution in [2.45, 2.75) is 19.9 Å². The molecule has 0 bridgehead atoms. The van der Waals surface area contributed by atoms with Crippen LogP contribution in [0.15, 0.2) is 42.7 Å². The summed E-state index contributed by atoms with van der Waals surface area (Å²) in [6.07, 6.45) is 3.42. The van der Waals surface area contributed by atoms with Crippen LogP contribution in [0.2, 0.25) is 0 Å². The monoisotopic (exact) mass is 289 g/mol. The van der Waals surface area contributed by atoms with E-state index in [9.17, 15) is 14.0 Å². The highest BCUT2D eigenvalue weighted by atomic mass is 19.1. The van der Waals surface area contributed by atoms with Gasteiger partial charge in [-0.15, -0.1) is 0 Å². The number of anilines is 1. The maximum absolute atomic E-state index is 13.8. The van der Waals surface area contributed by atoms with Crippen LogP contribution in [0.1, 0.15) is 13.8 Å². The second-order valence-electron chi connectivity index (χ2n) is 4.67. The Morgan fingerprint density at radius 3 is 2.52 bits per heavy atom. The lowest BCUT2D eigenvalue weighted by Crippen LogP contribution is -2.40. The first kappa shape index (κ1) is 14.8. The Balaban J connectivity index is 2.16. The number of aromatic nitrogens is 1. The van der Waals surface area contributed by atoms with Crippen molar-refractivity contribution in [3.8, 4) is 5.69 Å². The summed E-state index contributed by atoms with van der Waals surface area (Å²) < 4.78 is 15.4. The average molecular weight is 289 g/mol. The van der Waals surface area contributed by atoms with Gasteiger partial charge in [0.1, 0.15) is 11.9 Å². The van der Waals surface area contributed by atoms with E-state index >= 15 is 0 Å². The van der Waals surface area contributed by atoms with Gasteiger partial charge >= 0.3 is 0 Å². The predicted octanol–water partition coefficient (Wildman–Crippen LogP) is 2.08. The van der Waals surface area contributed by atoms with Crippen molar-refractivity contribution in [3.05, 3.63) is 48.5 Å². The zero-order valence-electron chi connectivity index (χ0n) is 11.8. The summed E-state index contributed by atoms with van der Waals surface area (Å²) in [5.74, 6) is -1.04. The molecule has 2 amide bonds. The summed E-state index contributed by atoms with van der Waals surface area (Å²) in [6.45, 7) is 2.92. The van der Waals surface area contributed by atoms with Crippen LogP contribution < -0.4 is 10.6 Å². The maximum Gasteiger partial charge on any atom is 0.246 e. The van der Waals surface area contributed by atoms with Crippen LogP contribution in [0.3, 0.4) is 0 Å². The number of hydrogen-bond donors (Lipinski definition) is 2. The minimum Gasteiger partial charge on any atom is -0.345 e. The summed E-state index contributed by atoms with van der Waals surface area (Å²) >= 11 is 0. The van der Waals surface area contributed by atoms with Crippen molar-refractivity contribution in [1.29, 1.82) is 0 Å². The molecular weight excluding hydrogens is 273 g/mol. The van der Waals surface area contributed by atoms with Crippen LogP contribution in [-0.4, -0.2) is 22.4 Å². The minimum atomic E-state index is -0.664. The maximum atomic E-state index is 13.8. The molecule has 1 aromatic heterocycles. The highest BCUT2D eigenvalue weighted by Gasteiger charge is 2.14. The molecule has 0 aliphatic carbocycles. The summed E-state index contributed by atoms with van der Waals surface area (Å²) in [4.78, 5) is 22.8. The van der Waals surface area contributed by atoms with E-state index < -0.39 is 6.04 Å². The van der Waals surface area contributed by atoms with Gasteiger partial charge in [0.05, 0.1) is 5.69 Å². The number of amides is 2. The Bertz CT molecular complexity index is 653. The number of benzene rings is 1. The number of nitrogens with zero attached hydrogens (tertiary/aromatic N) is 1. The zero-order chi connectivity index (χ0) is 15.4. The minimum absolute atomic E-state index is 0.287. The lowest BCUT2D eigenvalue weighted by molar-refractivity contribution is -0.124. The van der Waals surface area contributed by atoms with Crippen LogP contribution in [0.25, 0.3) is 5.69 Å². The molecule has 0 aliphatic heterocycles. The summed E-state index contributed by atoms with van der Waals surface area (Å²) in [5.41, 5.74) is 0.798. The highest BCUT2D eigenvalue weighted by molar-refractivity contribution is 5.96. The van der Waals surface area contributed by atoms with E-state index in [1.807, 2.05) is 0 Å². The van der Waals surface area contributed by atoms with Crippen molar-refractivity contribution in [2.75, 3.05) is 5.32 Å². The number of nitrogens with one attached hydrogen (secondary N) is 2. The zero-order valence-corrected chi connectivity index (χ0v) is 11.8. The first-order valence-electron chi connectivity index (χ1n) is 6.48. The SMILES string of the molecule is CC(=O)NC(C)C(=O)Nc1ccc(F)c(-n2cccc2)c1. The van der Waals surface area contributed by atoms with E-state index in [4.69, 9.17) is 0 Å². The first-order chi connectivity index (χ1) is 9.97. The van der Waals surface area contributed by atoms with Crippen LogP contribution in [0, 0.1) is 5.82 Å². The first-order valence-corrected chi connectivity index (χ1v) is 6.48. The summed E-state index contributed by atoms with van der Waals surface area (Å²) in [6, 6.07) is 7.19. The number of carbonyl (C=O) groups excluding carboxylic acids is 2. The van der Waals surface area contributed by atoms with Gasteiger partial charge in [0.15, 0.2) is 0 Å². The topological polar surface area (TPSA) is 63.1 Å². The molecule has 2 rings (SSSR count). The fourth-order valence-corrected chi connectivity index (χ4v) is 1.90. The molecule has 2 aromatic rings. The second kappa shape index (κ2) is 6.21. The molecule has 2 N–H and O–H groups in total. The van der Waals surface area contributed by atoms with Crippen LogP contribution in [0.4, 0.5) is 10.1 Å². The van der Waals surface area contributed by atoms with Gasteiger partial charge in [-0.1, -0.05) is 0 Å². The van der Waals surface area contributed by atoms with Crippen molar-refractivity contribution in [2.24, 2.45) is 0 Å². The lowest BCUT2D eigenvalue weighted by atomic mass is 10.2. The van der Waals surface area contributed by atoms with Gasteiger partial charge in [0, 0.05) is 25.0 Å². The number of hydrogen-bond acceptors (Lipinski definition) is 2. The third-order valence-electron chi connectivity index (χ3n) is 2.91. The standard InChI is InChI=1S/C15H16FN3O2/c1-10(17-11(2)20)15(21)18-12-5-6-13(16)14(9-12)19-7-3-4-8-19/h3-10H,1-2H3,(H,17,20)(H,18,21). The van der Waals surface area contributed by atoms with Crippen LogP contribution >= 0.6 is 0 Å². The Kier molecular flexibility index (Phi) is 4.37. The summed E-state index contributed by atoms with van der Waals surface area (Å²) in [5, 5.41) is 5.13. The Hall–Kier alpha value is -2.63. The molecule has 0 saturated carbocycles. The Morgan fingerprint density at radius 1 is 1.24 bits per heavy atom. The smallest absolute Gasteiger partial charge is 0.246 e. The van der Waals surface area contributed by atoms with Crippen molar-refractivity contribution in [3.63, 3.8) is 0 Å². The molecule has 1 heterocycles. The molecule has 1 unspecified atom stereocenters. The van der Waals surface area contributed by atoms with Gasteiger partial charge in [-0.25, -0.2) is 4.39 Å². The molecule has 6 heteroatoms. The molecule has 0 radical (unpaired) electrons. The normalized spacial score (nSPS) is 11.8. The van der Waals surface area contributed by atoms with Crippen LogP contribution in [0.5, 0.6) is 0 Å². The lowest BCUT2D eigenvalue weighted by Gasteiger charge is -2.14. The molecule has 0 aliphatic rings. The van der Waals surface area contributed by atoms with E-state index in [0.29, 0.717) is 11.4 Å². The van der Waals surface area contributed by atoms with Gasteiger partial charge < -0.3 is 15.2 Å². The predicted molar refractivity (Wildman–Crippen MR) is 77.6 cm³/mol. The Morgan fingerprint density at radius 2 is 1.90 bits per heavy atom. The molecule has 0 spiro atoms. The average Bonchev–Trinajstić information content (AvgIpc) is 2.94. The van der Waals surface area contributed by atoms with E-state index in [-0.39, 0.29) is 17.6 Å². The van der Waals surface area contributed by atoms with Gasteiger partial charge in [-0.3, -0.25) is 9.59 Å². The van der Waals surface area contributed by atoms with Gasteiger partial charge in [0.2, 0.25) is 11.8 Å². The fourth-order valence-electron chi connectivity index (χ4n) is 1.90. The van der Waals surface area contributed by atoms with E-state index in [2.05, 4.69) is 10.6 Å². The second-order valence-corrected chi connectivity index (χ2v) is 4.67. The highest BCUT2D eigenvalue weighted by Crippen LogP contribution is 2.19. The molecule has 0 saturated heterocycles. The number of halogens is 1. The molecule has 110 valence electrons.